The van der Waals surface area contributed by atoms with Gasteiger partial charge in [-0.15, -0.1) is 5.10 Å². The first kappa shape index (κ1) is 17.5. The molecule has 0 spiro atoms. The summed E-state index contributed by atoms with van der Waals surface area (Å²) in [6.45, 7) is 3.17. The number of nitro groups is 1. The van der Waals surface area contributed by atoms with Crippen molar-refractivity contribution in [1.29, 1.82) is 0 Å². The van der Waals surface area contributed by atoms with E-state index in [4.69, 9.17) is 4.18 Å². The largest absolute Gasteiger partial charge is 0.379 e. The van der Waals surface area contributed by atoms with Gasteiger partial charge in [-0.2, -0.15) is 8.42 Å². The van der Waals surface area contributed by atoms with Crippen molar-refractivity contribution in [2.45, 2.75) is 18.7 Å². The SMILES string of the molecule is Cc1cc([N+](=O)[O-])cc(S(=O)(=O)Oc2ccc(-n3cnnn3)cc2)c1C. The monoisotopic (exact) mass is 375 g/mol. The zero-order valence-corrected chi connectivity index (χ0v) is 14.5. The number of benzene rings is 2. The number of tetrazole rings is 1. The lowest BCUT2D eigenvalue weighted by Crippen LogP contribution is -2.12. The summed E-state index contributed by atoms with van der Waals surface area (Å²) in [5.74, 6) is 0.0605. The molecule has 0 saturated heterocycles. The van der Waals surface area contributed by atoms with Gasteiger partial charge in [-0.3, -0.25) is 10.1 Å². The maximum absolute atomic E-state index is 12.6. The normalized spacial score (nSPS) is 11.3. The van der Waals surface area contributed by atoms with Crippen molar-refractivity contribution >= 4 is 15.8 Å². The molecule has 1 heterocycles. The lowest BCUT2D eigenvalue weighted by Gasteiger charge is -2.11. The Morgan fingerprint density at radius 2 is 1.85 bits per heavy atom. The summed E-state index contributed by atoms with van der Waals surface area (Å²) in [7, 11) is -4.24. The lowest BCUT2D eigenvalue weighted by atomic mass is 10.1. The fraction of sp³-hybridized carbons (Fsp3) is 0.133. The Morgan fingerprint density at radius 1 is 1.15 bits per heavy atom. The zero-order chi connectivity index (χ0) is 18.9. The summed E-state index contributed by atoms with van der Waals surface area (Å²) < 4.78 is 31.7. The third kappa shape index (κ3) is 3.37. The standard InChI is InChI=1S/C15H13N5O5S/c1-10-7-13(20(21)22)8-15(11(10)2)26(23,24)25-14-5-3-12(4-6-14)19-9-16-17-18-19/h3-9H,1-2H3. The van der Waals surface area contributed by atoms with E-state index in [-0.39, 0.29) is 16.3 Å². The van der Waals surface area contributed by atoms with Gasteiger partial charge in [0, 0.05) is 12.1 Å². The predicted octanol–water partition coefficient (Wildman–Crippen LogP) is 1.96. The van der Waals surface area contributed by atoms with Gasteiger partial charge < -0.3 is 4.18 Å². The highest BCUT2D eigenvalue weighted by Crippen LogP contribution is 2.28. The number of nitro benzene ring substituents is 1. The van der Waals surface area contributed by atoms with Crippen LogP contribution in [0.3, 0.4) is 0 Å². The van der Waals surface area contributed by atoms with E-state index in [1.54, 1.807) is 26.0 Å². The molecule has 26 heavy (non-hydrogen) atoms. The molecule has 2 aromatic carbocycles. The first-order valence-corrected chi connectivity index (χ1v) is 8.72. The number of nitrogens with zero attached hydrogens (tertiary/aromatic N) is 5. The van der Waals surface area contributed by atoms with E-state index in [1.807, 2.05) is 0 Å². The fourth-order valence-corrected chi connectivity index (χ4v) is 3.53. The van der Waals surface area contributed by atoms with Crippen LogP contribution < -0.4 is 4.18 Å². The number of aromatic nitrogens is 4. The quantitative estimate of drug-likeness (QED) is 0.376. The molecule has 0 aliphatic carbocycles. The van der Waals surface area contributed by atoms with Gasteiger partial charge in [-0.25, -0.2) is 4.68 Å². The minimum Gasteiger partial charge on any atom is -0.379 e. The summed E-state index contributed by atoms with van der Waals surface area (Å²) in [6.07, 6.45) is 1.39. The van der Waals surface area contributed by atoms with Crippen molar-refractivity contribution in [1.82, 2.24) is 20.2 Å². The van der Waals surface area contributed by atoms with Crippen molar-refractivity contribution in [2.75, 3.05) is 0 Å². The third-order valence-corrected chi connectivity index (χ3v) is 5.12. The van der Waals surface area contributed by atoms with Crippen LogP contribution in [0.15, 0.2) is 47.6 Å². The second-order valence-corrected chi connectivity index (χ2v) is 6.94. The van der Waals surface area contributed by atoms with E-state index in [0.717, 1.165) is 6.07 Å². The Morgan fingerprint density at radius 3 is 2.42 bits per heavy atom. The smallest absolute Gasteiger partial charge is 0.339 e. The maximum Gasteiger partial charge on any atom is 0.339 e. The number of non-ortho nitro benzene ring substituents is 1. The van der Waals surface area contributed by atoms with Crippen LogP contribution in [0.25, 0.3) is 5.69 Å². The Labute approximate surface area is 148 Å². The number of hydrogen-bond acceptors (Lipinski definition) is 8. The van der Waals surface area contributed by atoms with Crippen LogP contribution in [-0.4, -0.2) is 33.5 Å². The van der Waals surface area contributed by atoms with Gasteiger partial charge in [-0.1, -0.05) is 0 Å². The van der Waals surface area contributed by atoms with E-state index in [2.05, 4.69) is 15.5 Å². The molecule has 0 atom stereocenters. The molecule has 0 radical (unpaired) electrons. The van der Waals surface area contributed by atoms with Gasteiger partial charge in [0.1, 0.15) is 17.0 Å². The summed E-state index contributed by atoms with van der Waals surface area (Å²) >= 11 is 0. The third-order valence-electron chi connectivity index (χ3n) is 3.74. The molecule has 3 aromatic rings. The highest BCUT2D eigenvalue weighted by atomic mass is 32.2. The Kier molecular flexibility index (Phi) is 4.38. The average molecular weight is 375 g/mol. The minimum absolute atomic E-state index is 0.0605. The first-order valence-electron chi connectivity index (χ1n) is 7.31. The van der Waals surface area contributed by atoms with Gasteiger partial charge in [0.15, 0.2) is 0 Å². The Balaban J connectivity index is 1.93. The van der Waals surface area contributed by atoms with Gasteiger partial charge in [0.2, 0.25) is 0 Å². The summed E-state index contributed by atoms with van der Waals surface area (Å²) in [5.41, 5.74) is 1.17. The van der Waals surface area contributed by atoms with Crippen molar-refractivity contribution in [3.05, 3.63) is 64.0 Å². The topological polar surface area (TPSA) is 130 Å². The molecule has 0 aliphatic heterocycles. The van der Waals surface area contributed by atoms with Crippen LogP contribution >= 0.6 is 0 Å². The maximum atomic E-state index is 12.6. The van der Waals surface area contributed by atoms with E-state index in [1.165, 1.54) is 29.2 Å². The van der Waals surface area contributed by atoms with E-state index < -0.39 is 15.0 Å². The molecule has 0 fully saturated rings. The minimum atomic E-state index is -4.24. The molecule has 11 heteroatoms. The van der Waals surface area contributed by atoms with Crippen LogP contribution in [0.2, 0.25) is 0 Å². The molecule has 0 aliphatic rings. The molecular weight excluding hydrogens is 362 g/mol. The van der Waals surface area contributed by atoms with E-state index in [9.17, 15) is 18.5 Å². The molecule has 1 aromatic heterocycles. The van der Waals surface area contributed by atoms with Crippen LogP contribution in [0.1, 0.15) is 11.1 Å². The van der Waals surface area contributed by atoms with Gasteiger partial charge >= 0.3 is 10.1 Å². The van der Waals surface area contributed by atoms with Crippen molar-refractivity contribution in [2.24, 2.45) is 0 Å². The zero-order valence-electron chi connectivity index (χ0n) is 13.7. The number of hydrogen-bond donors (Lipinski definition) is 0. The van der Waals surface area contributed by atoms with Gasteiger partial charge in [0.25, 0.3) is 5.69 Å². The average Bonchev–Trinajstić information content (AvgIpc) is 3.11. The van der Waals surface area contributed by atoms with Crippen molar-refractivity contribution < 1.29 is 17.5 Å². The molecule has 0 amide bonds. The molecule has 0 unspecified atom stereocenters. The van der Waals surface area contributed by atoms with Crippen LogP contribution in [0, 0.1) is 24.0 Å². The van der Waals surface area contributed by atoms with E-state index >= 15 is 0 Å². The molecule has 10 nitrogen and oxygen atoms in total. The summed E-state index contributed by atoms with van der Waals surface area (Å²) in [5, 5.41) is 21.7. The van der Waals surface area contributed by atoms with Crippen LogP contribution in [0.5, 0.6) is 5.75 Å². The summed E-state index contributed by atoms with van der Waals surface area (Å²) in [6, 6.07) is 8.34. The van der Waals surface area contributed by atoms with Crippen LogP contribution in [0.4, 0.5) is 5.69 Å². The van der Waals surface area contributed by atoms with E-state index in [0.29, 0.717) is 16.8 Å². The number of rotatable bonds is 5. The molecule has 3 rings (SSSR count). The lowest BCUT2D eigenvalue weighted by molar-refractivity contribution is -0.385. The molecule has 134 valence electrons. The highest BCUT2D eigenvalue weighted by molar-refractivity contribution is 7.87. The van der Waals surface area contributed by atoms with Gasteiger partial charge in [-0.05, 0) is 59.7 Å². The second kappa shape index (κ2) is 6.52. The summed E-state index contributed by atoms with van der Waals surface area (Å²) in [4.78, 5) is 10.1. The predicted molar refractivity (Wildman–Crippen MR) is 89.5 cm³/mol. The first-order chi connectivity index (χ1) is 12.3. The van der Waals surface area contributed by atoms with Crippen LogP contribution in [-0.2, 0) is 10.1 Å². The second-order valence-electron chi connectivity index (χ2n) is 5.43. The molecule has 0 N–H and O–H groups in total. The Bertz CT molecular complexity index is 1060. The molecular formula is C15H13N5O5S. The molecule has 0 bridgehead atoms. The highest BCUT2D eigenvalue weighted by Gasteiger charge is 2.24. The van der Waals surface area contributed by atoms with Gasteiger partial charge in [0.05, 0.1) is 10.6 Å². The fourth-order valence-electron chi connectivity index (χ4n) is 2.28. The Hall–Kier alpha value is -3.34. The molecule has 0 saturated carbocycles. The van der Waals surface area contributed by atoms with Crippen molar-refractivity contribution in [3.63, 3.8) is 0 Å². The van der Waals surface area contributed by atoms with Crippen molar-refractivity contribution in [3.8, 4) is 11.4 Å². The number of aryl methyl sites for hydroxylation is 1.